The zero-order valence-electron chi connectivity index (χ0n) is 17.3. The highest BCUT2D eigenvalue weighted by Crippen LogP contribution is 2.35. The van der Waals surface area contributed by atoms with Gasteiger partial charge in [0.1, 0.15) is 11.2 Å². The average molecular weight is 409 g/mol. The Morgan fingerprint density at radius 1 is 0.406 bits per heavy atom. The molecule has 0 saturated carbocycles. The third-order valence-corrected chi connectivity index (χ3v) is 6.42. The highest BCUT2D eigenvalue weighted by atomic mass is 16.3. The van der Waals surface area contributed by atoms with E-state index in [0.717, 1.165) is 33.0 Å². The lowest BCUT2D eigenvalue weighted by Gasteiger charge is -2.04. The van der Waals surface area contributed by atoms with E-state index in [1.807, 2.05) is 12.1 Å². The first kappa shape index (κ1) is 17.4. The zero-order chi connectivity index (χ0) is 21.1. The van der Waals surface area contributed by atoms with Gasteiger partial charge in [-0.05, 0) is 64.7 Å². The number of nitrogens with one attached hydrogen (secondary N) is 1. The molecule has 0 aliphatic heterocycles. The van der Waals surface area contributed by atoms with Gasteiger partial charge in [0.25, 0.3) is 0 Å². The maximum absolute atomic E-state index is 6.01. The lowest BCUT2D eigenvalue weighted by molar-refractivity contribution is 0.669. The van der Waals surface area contributed by atoms with Crippen LogP contribution in [0.2, 0.25) is 0 Å². The SMILES string of the molecule is c1ccc(-c2ccc3[nH]c4ccc(-c5ccc6oc7ccccc7c6c5)cc4c3c2)cc1. The molecular formula is C30H19NO. The molecule has 2 heteroatoms. The van der Waals surface area contributed by atoms with Gasteiger partial charge in [-0.25, -0.2) is 0 Å². The second kappa shape index (κ2) is 6.60. The number of aromatic nitrogens is 1. The number of hydrogen-bond acceptors (Lipinski definition) is 1. The molecule has 150 valence electrons. The fraction of sp³-hybridized carbons (Fsp3) is 0. The molecule has 0 aliphatic rings. The number of para-hydroxylation sites is 1. The first-order chi connectivity index (χ1) is 15.8. The van der Waals surface area contributed by atoms with Crippen molar-refractivity contribution in [3.05, 3.63) is 109 Å². The van der Waals surface area contributed by atoms with E-state index in [2.05, 4.69) is 102 Å². The summed E-state index contributed by atoms with van der Waals surface area (Å²) in [7, 11) is 0. The Morgan fingerprint density at radius 3 is 1.72 bits per heavy atom. The third-order valence-electron chi connectivity index (χ3n) is 6.42. The fourth-order valence-corrected chi connectivity index (χ4v) is 4.79. The van der Waals surface area contributed by atoms with Crippen molar-refractivity contribution in [1.82, 2.24) is 4.98 Å². The number of furan rings is 1. The van der Waals surface area contributed by atoms with Crippen molar-refractivity contribution in [2.45, 2.75) is 0 Å². The summed E-state index contributed by atoms with van der Waals surface area (Å²) in [6, 6.07) is 38.6. The number of benzene rings is 5. The van der Waals surface area contributed by atoms with Crippen LogP contribution in [0.5, 0.6) is 0 Å². The first-order valence-corrected chi connectivity index (χ1v) is 10.9. The minimum Gasteiger partial charge on any atom is -0.456 e. The Kier molecular flexibility index (Phi) is 3.58. The van der Waals surface area contributed by atoms with E-state index in [9.17, 15) is 0 Å². The van der Waals surface area contributed by atoms with Gasteiger partial charge in [0.15, 0.2) is 0 Å². The van der Waals surface area contributed by atoms with Gasteiger partial charge in [0.05, 0.1) is 0 Å². The van der Waals surface area contributed by atoms with Crippen molar-refractivity contribution >= 4 is 43.7 Å². The van der Waals surface area contributed by atoms with E-state index in [4.69, 9.17) is 4.42 Å². The molecule has 0 atom stereocenters. The van der Waals surface area contributed by atoms with Gasteiger partial charge < -0.3 is 9.40 Å². The van der Waals surface area contributed by atoms with Gasteiger partial charge in [0.2, 0.25) is 0 Å². The molecule has 2 heterocycles. The summed E-state index contributed by atoms with van der Waals surface area (Å²) in [5.74, 6) is 0. The topological polar surface area (TPSA) is 28.9 Å². The van der Waals surface area contributed by atoms with Crippen molar-refractivity contribution in [3.8, 4) is 22.3 Å². The van der Waals surface area contributed by atoms with Crippen LogP contribution in [0, 0.1) is 0 Å². The summed E-state index contributed by atoms with van der Waals surface area (Å²) in [5, 5.41) is 4.80. The van der Waals surface area contributed by atoms with Gasteiger partial charge in [-0.2, -0.15) is 0 Å². The Hall–Kier alpha value is -4.30. The first-order valence-electron chi connectivity index (χ1n) is 10.9. The number of H-pyrrole nitrogens is 1. The standard InChI is InChI=1S/C30H19NO/c1-2-6-19(7-3-1)20-10-13-27-24(16-20)25-17-21(11-14-28(25)31-27)22-12-15-30-26(18-22)23-8-4-5-9-29(23)32-30/h1-18,31H. The summed E-state index contributed by atoms with van der Waals surface area (Å²) in [5.41, 5.74) is 9.04. The molecule has 32 heavy (non-hydrogen) atoms. The molecule has 0 unspecified atom stereocenters. The maximum atomic E-state index is 6.01. The van der Waals surface area contributed by atoms with Crippen LogP contribution in [0.4, 0.5) is 0 Å². The van der Waals surface area contributed by atoms with Crippen LogP contribution < -0.4 is 0 Å². The largest absolute Gasteiger partial charge is 0.456 e. The predicted octanol–water partition coefficient (Wildman–Crippen LogP) is 8.55. The van der Waals surface area contributed by atoms with Crippen molar-refractivity contribution in [2.75, 3.05) is 0 Å². The molecule has 0 amide bonds. The predicted molar refractivity (Wildman–Crippen MR) is 134 cm³/mol. The van der Waals surface area contributed by atoms with E-state index in [-0.39, 0.29) is 0 Å². The second-order valence-corrected chi connectivity index (χ2v) is 8.32. The van der Waals surface area contributed by atoms with Crippen LogP contribution in [-0.2, 0) is 0 Å². The Labute approximate surface area is 184 Å². The molecule has 5 aromatic carbocycles. The van der Waals surface area contributed by atoms with Crippen LogP contribution >= 0.6 is 0 Å². The highest BCUT2D eigenvalue weighted by Gasteiger charge is 2.11. The molecule has 2 nitrogen and oxygen atoms in total. The van der Waals surface area contributed by atoms with Gasteiger partial charge >= 0.3 is 0 Å². The Balaban J connectivity index is 1.42. The minimum atomic E-state index is 0.927. The fourth-order valence-electron chi connectivity index (χ4n) is 4.79. The second-order valence-electron chi connectivity index (χ2n) is 8.32. The Bertz CT molecular complexity index is 1770. The van der Waals surface area contributed by atoms with Gasteiger partial charge in [-0.1, -0.05) is 66.7 Å². The molecule has 0 bridgehead atoms. The normalized spacial score (nSPS) is 11.8. The summed E-state index contributed by atoms with van der Waals surface area (Å²) >= 11 is 0. The van der Waals surface area contributed by atoms with E-state index in [1.165, 1.54) is 33.0 Å². The van der Waals surface area contributed by atoms with Gasteiger partial charge in [-0.3, -0.25) is 0 Å². The summed E-state index contributed by atoms with van der Waals surface area (Å²) in [6.07, 6.45) is 0. The lowest BCUT2D eigenvalue weighted by Crippen LogP contribution is -1.79. The van der Waals surface area contributed by atoms with Crippen LogP contribution in [0.1, 0.15) is 0 Å². The Morgan fingerprint density at radius 2 is 0.969 bits per heavy atom. The molecule has 0 radical (unpaired) electrons. The van der Waals surface area contributed by atoms with Crippen molar-refractivity contribution in [2.24, 2.45) is 0 Å². The molecule has 2 aromatic heterocycles. The molecule has 0 aliphatic carbocycles. The van der Waals surface area contributed by atoms with E-state index in [0.29, 0.717) is 0 Å². The quantitative estimate of drug-likeness (QED) is 0.304. The van der Waals surface area contributed by atoms with E-state index < -0.39 is 0 Å². The third kappa shape index (κ3) is 2.60. The summed E-state index contributed by atoms with van der Waals surface area (Å²) in [4.78, 5) is 3.57. The van der Waals surface area contributed by atoms with Crippen LogP contribution in [0.25, 0.3) is 66.0 Å². The van der Waals surface area contributed by atoms with Gasteiger partial charge in [0, 0.05) is 32.6 Å². The minimum absolute atomic E-state index is 0.927. The average Bonchev–Trinajstić information content (AvgIpc) is 3.41. The number of fused-ring (bicyclic) bond motifs is 6. The molecule has 1 N–H and O–H groups in total. The molecule has 0 saturated heterocycles. The summed E-state index contributed by atoms with van der Waals surface area (Å²) in [6.45, 7) is 0. The number of aromatic amines is 1. The molecule has 7 aromatic rings. The molecular weight excluding hydrogens is 390 g/mol. The highest BCUT2D eigenvalue weighted by molar-refractivity contribution is 6.10. The summed E-state index contributed by atoms with van der Waals surface area (Å²) < 4.78 is 6.01. The van der Waals surface area contributed by atoms with Crippen LogP contribution in [0.3, 0.4) is 0 Å². The van der Waals surface area contributed by atoms with Crippen molar-refractivity contribution in [1.29, 1.82) is 0 Å². The monoisotopic (exact) mass is 409 g/mol. The smallest absolute Gasteiger partial charge is 0.135 e. The van der Waals surface area contributed by atoms with Crippen LogP contribution in [0.15, 0.2) is 114 Å². The van der Waals surface area contributed by atoms with Gasteiger partial charge in [-0.15, -0.1) is 0 Å². The zero-order valence-corrected chi connectivity index (χ0v) is 17.3. The number of hydrogen-bond donors (Lipinski definition) is 1. The maximum Gasteiger partial charge on any atom is 0.135 e. The lowest BCUT2D eigenvalue weighted by atomic mass is 9.99. The van der Waals surface area contributed by atoms with Crippen LogP contribution in [-0.4, -0.2) is 4.98 Å². The van der Waals surface area contributed by atoms with Crippen molar-refractivity contribution < 1.29 is 4.42 Å². The number of rotatable bonds is 2. The molecule has 7 rings (SSSR count). The van der Waals surface area contributed by atoms with Crippen molar-refractivity contribution in [3.63, 3.8) is 0 Å². The molecule has 0 spiro atoms. The molecule has 0 fully saturated rings. The van der Waals surface area contributed by atoms with E-state index in [1.54, 1.807) is 0 Å². The van der Waals surface area contributed by atoms with E-state index >= 15 is 0 Å².